The number of nitrogens with zero attached hydrogens (tertiary/aromatic N) is 4. The van der Waals surface area contributed by atoms with Gasteiger partial charge >= 0.3 is 0 Å². The highest BCUT2D eigenvalue weighted by molar-refractivity contribution is 6.31. The smallest absolute Gasteiger partial charge is 0.248 e. The van der Waals surface area contributed by atoms with Crippen LogP contribution in [0.5, 0.6) is 5.75 Å². The Kier molecular flexibility index (Phi) is 7.84. The number of rotatable bonds is 8. The third-order valence-electron chi connectivity index (χ3n) is 7.76. The maximum absolute atomic E-state index is 13.7. The van der Waals surface area contributed by atoms with Crippen LogP contribution >= 0.6 is 11.6 Å². The Morgan fingerprint density at radius 1 is 1.20 bits per heavy atom. The van der Waals surface area contributed by atoms with E-state index in [1.165, 1.54) is 31.3 Å². The second kappa shape index (κ2) is 11.7. The Morgan fingerprint density at radius 3 is 2.77 bits per heavy atom. The fourth-order valence-electron chi connectivity index (χ4n) is 5.83. The third-order valence-corrected chi connectivity index (χ3v) is 8.05. The zero-order chi connectivity index (χ0) is 27.6. The molecule has 1 aromatic heterocycles. The second-order valence-electron chi connectivity index (χ2n) is 10.6. The Morgan fingerprint density at radius 2 is 2.02 bits per heavy atom. The topological polar surface area (TPSA) is 91.9 Å². The van der Waals surface area contributed by atoms with Gasteiger partial charge in [0.15, 0.2) is 0 Å². The molecule has 9 nitrogen and oxygen atoms in total. The quantitative estimate of drug-likeness (QED) is 0.382. The van der Waals surface area contributed by atoms with Gasteiger partial charge < -0.3 is 25.0 Å². The number of halogens is 2. The van der Waals surface area contributed by atoms with E-state index in [2.05, 4.69) is 37.4 Å². The highest BCUT2D eigenvalue weighted by atomic mass is 35.5. The Hall–Kier alpha value is -3.31. The summed E-state index contributed by atoms with van der Waals surface area (Å²) in [6.45, 7) is 4.01. The summed E-state index contributed by atoms with van der Waals surface area (Å²) in [5, 5.41) is 6.83. The molecule has 4 heterocycles. The highest BCUT2D eigenvalue weighted by Gasteiger charge is 2.37. The predicted octanol–water partition coefficient (Wildman–Crippen LogP) is 4.61. The number of hydrogen-bond donors (Lipinski definition) is 2. The van der Waals surface area contributed by atoms with Crippen LogP contribution in [0.15, 0.2) is 48.8 Å². The van der Waals surface area contributed by atoms with E-state index >= 15 is 0 Å². The number of hydrogen-bond acceptors (Lipinski definition) is 8. The largest absolute Gasteiger partial charge is 0.486 e. The van der Waals surface area contributed by atoms with Crippen LogP contribution in [0.4, 0.5) is 21.6 Å². The summed E-state index contributed by atoms with van der Waals surface area (Å²) >= 11 is 5.97. The number of ether oxygens (including phenoxy) is 2. The molecule has 40 heavy (non-hydrogen) atoms. The van der Waals surface area contributed by atoms with Crippen molar-refractivity contribution in [1.82, 2.24) is 19.8 Å². The maximum Gasteiger partial charge on any atom is 0.248 e. The minimum Gasteiger partial charge on any atom is -0.486 e. The molecule has 3 aliphatic rings. The minimum atomic E-state index is -0.504. The SMILES string of the molecule is CN1CC2CCC(C1)N2C/C=C/C(=O)Nc1cc2c(Nc3ccc(F)c(Cl)c3)ncnc2cc1O[C@H]1CCOC1. The van der Waals surface area contributed by atoms with Crippen LogP contribution in [0, 0.1) is 5.82 Å². The molecule has 0 radical (unpaired) electrons. The number of likely N-dealkylation sites (tertiary alicyclic amines) is 1. The van der Waals surface area contributed by atoms with Gasteiger partial charge in [-0.1, -0.05) is 17.7 Å². The fraction of sp³-hybridized carbons (Fsp3) is 0.414. The van der Waals surface area contributed by atoms with Crippen LogP contribution in [-0.2, 0) is 9.53 Å². The van der Waals surface area contributed by atoms with Crippen molar-refractivity contribution in [1.29, 1.82) is 0 Å². The van der Waals surface area contributed by atoms with Crippen LogP contribution in [0.25, 0.3) is 10.9 Å². The highest BCUT2D eigenvalue weighted by Crippen LogP contribution is 2.35. The van der Waals surface area contributed by atoms with Gasteiger partial charge in [-0.2, -0.15) is 0 Å². The van der Waals surface area contributed by atoms with E-state index in [0.29, 0.717) is 59.1 Å². The molecule has 2 unspecified atom stereocenters. The molecule has 210 valence electrons. The lowest BCUT2D eigenvalue weighted by Crippen LogP contribution is -2.52. The van der Waals surface area contributed by atoms with Crippen molar-refractivity contribution in [3.05, 3.63) is 59.7 Å². The van der Waals surface area contributed by atoms with E-state index in [1.807, 2.05) is 6.08 Å². The van der Waals surface area contributed by atoms with E-state index < -0.39 is 5.82 Å². The monoisotopic (exact) mass is 566 g/mol. The van der Waals surface area contributed by atoms with E-state index in [4.69, 9.17) is 21.1 Å². The van der Waals surface area contributed by atoms with Gasteiger partial charge in [-0.15, -0.1) is 0 Å². The Balaban J connectivity index is 1.24. The second-order valence-corrected chi connectivity index (χ2v) is 11.0. The molecule has 3 fully saturated rings. The number of fused-ring (bicyclic) bond motifs is 3. The molecule has 0 aliphatic carbocycles. The number of carbonyl (C=O) groups excluding carboxylic acids is 1. The molecule has 2 bridgehead atoms. The van der Waals surface area contributed by atoms with Crippen molar-refractivity contribution in [3.63, 3.8) is 0 Å². The summed E-state index contributed by atoms with van der Waals surface area (Å²) in [5.74, 6) is 0.247. The van der Waals surface area contributed by atoms with E-state index in [-0.39, 0.29) is 17.0 Å². The summed E-state index contributed by atoms with van der Waals surface area (Å²) in [4.78, 5) is 26.7. The molecule has 1 amide bonds. The van der Waals surface area contributed by atoms with Crippen LogP contribution in [0.2, 0.25) is 5.02 Å². The average molecular weight is 567 g/mol. The lowest BCUT2D eigenvalue weighted by atomic mass is 10.1. The number of aromatic nitrogens is 2. The third kappa shape index (κ3) is 5.90. The lowest BCUT2D eigenvalue weighted by Gasteiger charge is -2.38. The summed E-state index contributed by atoms with van der Waals surface area (Å²) in [7, 11) is 2.17. The Bertz CT molecular complexity index is 1420. The van der Waals surface area contributed by atoms with Crippen molar-refractivity contribution in [2.24, 2.45) is 0 Å². The predicted molar refractivity (Wildman–Crippen MR) is 153 cm³/mol. The van der Waals surface area contributed by atoms with Gasteiger partial charge in [0.25, 0.3) is 0 Å². The average Bonchev–Trinajstić information content (AvgIpc) is 3.52. The van der Waals surface area contributed by atoms with Gasteiger partial charge in [-0.05, 0) is 44.2 Å². The zero-order valence-corrected chi connectivity index (χ0v) is 23.0. The molecule has 11 heteroatoms. The molecule has 2 N–H and O–H groups in total. The number of amides is 1. The fourth-order valence-corrected chi connectivity index (χ4v) is 6.01. The number of piperazine rings is 1. The van der Waals surface area contributed by atoms with Crippen LogP contribution in [0.3, 0.4) is 0 Å². The van der Waals surface area contributed by atoms with Crippen molar-refractivity contribution < 1.29 is 18.7 Å². The van der Waals surface area contributed by atoms with E-state index in [9.17, 15) is 9.18 Å². The van der Waals surface area contributed by atoms with Gasteiger partial charge in [-0.3, -0.25) is 9.69 Å². The van der Waals surface area contributed by atoms with E-state index in [1.54, 1.807) is 24.3 Å². The maximum atomic E-state index is 13.7. The minimum absolute atomic E-state index is 0.00199. The molecular formula is C29H32ClFN6O3. The van der Waals surface area contributed by atoms with Crippen molar-refractivity contribution in [2.45, 2.75) is 37.5 Å². The molecule has 3 aliphatic heterocycles. The number of anilines is 3. The molecule has 0 saturated carbocycles. The van der Waals surface area contributed by atoms with Crippen LogP contribution in [0.1, 0.15) is 19.3 Å². The van der Waals surface area contributed by atoms with Crippen molar-refractivity contribution in [2.75, 3.05) is 50.5 Å². The molecule has 3 saturated heterocycles. The summed E-state index contributed by atoms with van der Waals surface area (Å²) in [5.41, 5.74) is 1.70. The first-order valence-corrected chi connectivity index (χ1v) is 14.0. The molecule has 2 aromatic carbocycles. The van der Waals surface area contributed by atoms with Crippen molar-refractivity contribution >= 4 is 45.6 Å². The first-order chi connectivity index (χ1) is 19.4. The Labute approximate surface area is 237 Å². The summed E-state index contributed by atoms with van der Waals surface area (Å²) < 4.78 is 25.4. The lowest BCUT2D eigenvalue weighted by molar-refractivity contribution is -0.112. The molecule has 0 spiro atoms. The number of likely N-dealkylation sites (N-methyl/N-ethyl adjacent to an activating group) is 1. The van der Waals surface area contributed by atoms with Gasteiger partial charge in [0, 0.05) is 61.4 Å². The van der Waals surface area contributed by atoms with Gasteiger partial charge in [0.05, 0.1) is 29.4 Å². The normalized spacial score (nSPS) is 23.2. The summed E-state index contributed by atoms with van der Waals surface area (Å²) in [6.07, 6.45) is 8.03. The molecular weight excluding hydrogens is 535 g/mol. The summed E-state index contributed by atoms with van der Waals surface area (Å²) in [6, 6.07) is 9.03. The van der Waals surface area contributed by atoms with Crippen molar-refractivity contribution in [3.8, 4) is 5.75 Å². The van der Waals surface area contributed by atoms with Gasteiger partial charge in [0.2, 0.25) is 5.91 Å². The van der Waals surface area contributed by atoms with Crippen LogP contribution < -0.4 is 15.4 Å². The molecule has 3 aromatic rings. The van der Waals surface area contributed by atoms with Gasteiger partial charge in [0.1, 0.15) is 29.8 Å². The number of nitrogens with one attached hydrogen (secondary N) is 2. The zero-order valence-electron chi connectivity index (χ0n) is 22.3. The van der Waals surface area contributed by atoms with Gasteiger partial charge in [-0.25, -0.2) is 14.4 Å². The first kappa shape index (κ1) is 26.9. The first-order valence-electron chi connectivity index (χ1n) is 13.6. The molecule has 3 atom stereocenters. The standard InChI is InChI=1S/C29H32ClFN6O3/c1-36-14-19-5-6-20(15-36)37(19)9-2-3-28(38)35-26-12-22-25(13-27(26)40-21-8-10-39-16-21)32-17-33-29(22)34-18-4-7-24(31)23(30)11-18/h2-4,7,11-13,17,19-21H,5-6,8-10,14-16H2,1H3,(H,35,38)(H,32,33,34)/b3-2+/t19?,20?,21-/m0/s1. The number of carbonyl (C=O) groups is 1. The van der Waals surface area contributed by atoms with E-state index in [0.717, 1.165) is 26.1 Å². The van der Waals surface area contributed by atoms with Crippen LogP contribution in [-0.4, -0.2) is 83.8 Å². The number of benzene rings is 2. The molecule has 6 rings (SSSR count).